The molecular formula is C17H22. The summed E-state index contributed by atoms with van der Waals surface area (Å²) in [6.07, 6.45) is 11.8. The highest BCUT2D eigenvalue weighted by molar-refractivity contribution is 5.18. The Balaban J connectivity index is 2.07. The largest absolute Gasteiger partial charge is 0.0991 e. The number of hydrogen-bond donors (Lipinski definition) is 0. The molecule has 0 saturated carbocycles. The minimum Gasteiger partial charge on any atom is -0.0991 e. The van der Waals surface area contributed by atoms with Gasteiger partial charge in [0.15, 0.2) is 0 Å². The van der Waals surface area contributed by atoms with E-state index in [1.165, 1.54) is 36.8 Å². The van der Waals surface area contributed by atoms with Crippen molar-refractivity contribution in [1.82, 2.24) is 0 Å². The fraction of sp³-hybridized carbons (Fsp3) is 0.294. The van der Waals surface area contributed by atoms with Gasteiger partial charge in [0.1, 0.15) is 0 Å². The van der Waals surface area contributed by atoms with Gasteiger partial charge in [-0.25, -0.2) is 0 Å². The van der Waals surface area contributed by atoms with Crippen LogP contribution in [0, 0.1) is 0 Å². The maximum atomic E-state index is 4.01. The molecule has 0 N–H and O–H groups in total. The Hall–Kier alpha value is -1.56. The van der Waals surface area contributed by atoms with Crippen molar-refractivity contribution in [3.05, 3.63) is 72.9 Å². The van der Waals surface area contributed by atoms with Gasteiger partial charge in [0.2, 0.25) is 0 Å². The Labute approximate surface area is 105 Å². The van der Waals surface area contributed by atoms with Crippen LogP contribution in [0.15, 0.2) is 67.3 Å². The van der Waals surface area contributed by atoms with E-state index in [4.69, 9.17) is 0 Å². The van der Waals surface area contributed by atoms with Crippen LogP contribution in [0.1, 0.15) is 31.2 Å². The fourth-order valence-electron chi connectivity index (χ4n) is 1.79. The van der Waals surface area contributed by atoms with Gasteiger partial charge in [0.05, 0.1) is 0 Å². The lowest BCUT2D eigenvalue weighted by atomic mass is 10.0. The second kappa shape index (κ2) is 8.58. The number of rotatable bonds is 8. The van der Waals surface area contributed by atoms with Crippen LogP contribution in [0.5, 0.6) is 0 Å². The van der Waals surface area contributed by atoms with Gasteiger partial charge in [-0.05, 0) is 31.2 Å². The minimum atomic E-state index is 1.10. The predicted molar refractivity (Wildman–Crippen MR) is 77.1 cm³/mol. The second-order valence-electron chi connectivity index (χ2n) is 4.30. The molecule has 0 radical (unpaired) electrons. The van der Waals surface area contributed by atoms with Crippen LogP contribution in [0.25, 0.3) is 0 Å². The van der Waals surface area contributed by atoms with Crippen LogP contribution in [0.3, 0.4) is 0 Å². The zero-order chi connectivity index (χ0) is 12.3. The highest BCUT2D eigenvalue weighted by Gasteiger charge is 1.93. The van der Waals surface area contributed by atoms with Gasteiger partial charge in [0.25, 0.3) is 0 Å². The Morgan fingerprint density at radius 1 is 1.06 bits per heavy atom. The van der Waals surface area contributed by atoms with Crippen LogP contribution in [0.2, 0.25) is 0 Å². The van der Waals surface area contributed by atoms with Crippen LogP contribution in [-0.2, 0) is 6.42 Å². The van der Waals surface area contributed by atoms with E-state index < -0.39 is 0 Å². The molecule has 0 nitrogen and oxygen atoms in total. The lowest BCUT2D eigenvalue weighted by Gasteiger charge is -2.02. The molecule has 1 aromatic carbocycles. The topological polar surface area (TPSA) is 0 Å². The quantitative estimate of drug-likeness (QED) is 0.428. The summed E-state index contributed by atoms with van der Waals surface area (Å²) >= 11 is 0. The second-order valence-corrected chi connectivity index (χ2v) is 4.30. The third kappa shape index (κ3) is 6.57. The molecule has 0 saturated heterocycles. The molecule has 0 bridgehead atoms. The van der Waals surface area contributed by atoms with E-state index in [2.05, 4.69) is 43.5 Å². The van der Waals surface area contributed by atoms with Gasteiger partial charge < -0.3 is 0 Å². The predicted octanol–water partition coefficient (Wildman–Crippen LogP) is 5.09. The summed E-state index contributed by atoms with van der Waals surface area (Å²) in [7, 11) is 0. The first-order chi connectivity index (χ1) is 8.33. The maximum Gasteiger partial charge on any atom is -0.0279 e. The molecule has 0 spiro atoms. The molecule has 0 aromatic heterocycles. The summed E-state index contributed by atoms with van der Waals surface area (Å²) in [5, 5.41) is 0. The average Bonchev–Trinajstić information content (AvgIpc) is 2.37. The molecule has 0 fully saturated rings. The zero-order valence-electron chi connectivity index (χ0n) is 10.6. The van der Waals surface area contributed by atoms with E-state index in [-0.39, 0.29) is 0 Å². The first-order valence-corrected chi connectivity index (χ1v) is 6.33. The Bertz CT molecular complexity index is 357. The summed E-state index contributed by atoms with van der Waals surface area (Å²) in [4.78, 5) is 0. The fourth-order valence-corrected chi connectivity index (χ4v) is 1.79. The van der Waals surface area contributed by atoms with Crippen molar-refractivity contribution in [3.63, 3.8) is 0 Å². The summed E-state index contributed by atoms with van der Waals surface area (Å²) in [6, 6.07) is 10.7. The highest BCUT2D eigenvalue weighted by atomic mass is 14.0. The van der Waals surface area contributed by atoms with Gasteiger partial charge in [-0.3, -0.25) is 0 Å². The van der Waals surface area contributed by atoms with Gasteiger partial charge >= 0.3 is 0 Å². The smallest absolute Gasteiger partial charge is 0.0279 e. The monoisotopic (exact) mass is 226 g/mol. The van der Waals surface area contributed by atoms with Gasteiger partial charge in [-0.1, -0.05) is 73.7 Å². The van der Waals surface area contributed by atoms with E-state index in [1.807, 2.05) is 12.2 Å². The maximum absolute atomic E-state index is 4.01. The van der Waals surface area contributed by atoms with Crippen molar-refractivity contribution in [1.29, 1.82) is 0 Å². The van der Waals surface area contributed by atoms with Crippen molar-refractivity contribution in [2.24, 2.45) is 0 Å². The highest BCUT2D eigenvalue weighted by Crippen LogP contribution is 2.11. The molecule has 0 aliphatic carbocycles. The number of hydrogen-bond acceptors (Lipinski definition) is 0. The third-order valence-corrected chi connectivity index (χ3v) is 2.77. The van der Waals surface area contributed by atoms with Crippen molar-refractivity contribution in [3.8, 4) is 0 Å². The summed E-state index contributed by atoms with van der Waals surface area (Å²) in [5.41, 5.74) is 2.64. The molecule has 0 aliphatic heterocycles. The average molecular weight is 226 g/mol. The first-order valence-electron chi connectivity index (χ1n) is 6.33. The number of benzene rings is 1. The van der Waals surface area contributed by atoms with Crippen molar-refractivity contribution in [2.75, 3.05) is 0 Å². The molecule has 0 unspecified atom stereocenters. The minimum absolute atomic E-state index is 1.10. The molecule has 90 valence electrons. The lowest BCUT2D eigenvalue weighted by molar-refractivity contribution is 0.680. The molecule has 0 heteroatoms. The number of unbranched alkanes of at least 4 members (excludes halogenated alkanes) is 2. The molecule has 1 aromatic rings. The standard InChI is InChI=1S/C17H22/c1-3-4-11-16(2)12-7-5-8-13-17-14-9-6-10-15-17/h3-4,6,9-11,14-15H,1-2,5,7-8,12-13H2/b11-4-. The molecule has 0 heterocycles. The van der Waals surface area contributed by atoms with E-state index in [9.17, 15) is 0 Å². The van der Waals surface area contributed by atoms with Gasteiger partial charge in [0, 0.05) is 0 Å². The van der Waals surface area contributed by atoms with Crippen LogP contribution in [-0.4, -0.2) is 0 Å². The molecule has 0 aliphatic rings. The van der Waals surface area contributed by atoms with E-state index in [1.54, 1.807) is 6.08 Å². The van der Waals surface area contributed by atoms with E-state index >= 15 is 0 Å². The summed E-state index contributed by atoms with van der Waals surface area (Å²) in [6.45, 7) is 7.66. The first kappa shape index (κ1) is 13.5. The van der Waals surface area contributed by atoms with Crippen LogP contribution >= 0.6 is 0 Å². The molecule has 0 atom stereocenters. The molecule has 17 heavy (non-hydrogen) atoms. The van der Waals surface area contributed by atoms with Gasteiger partial charge in [-0.2, -0.15) is 0 Å². The Morgan fingerprint density at radius 2 is 1.82 bits per heavy atom. The lowest BCUT2D eigenvalue weighted by Crippen LogP contribution is -1.86. The Kier molecular flexibility index (Phi) is 6.81. The normalized spacial score (nSPS) is 10.6. The van der Waals surface area contributed by atoms with Crippen molar-refractivity contribution >= 4 is 0 Å². The summed E-state index contributed by atoms with van der Waals surface area (Å²) < 4.78 is 0. The third-order valence-electron chi connectivity index (χ3n) is 2.77. The van der Waals surface area contributed by atoms with E-state index in [0.29, 0.717) is 0 Å². The number of allylic oxidation sites excluding steroid dienone is 4. The summed E-state index contributed by atoms with van der Waals surface area (Å²) in [5.74, 6) is 0. The molecule has 0 amide bonds. The van der Waals surface area contributed by atoms with Crippen LogP contribution in [0.4, 0.5) is 0 Å². The van der Waals surface area contributed by atoms with E-state index in [0.717, 1.165) is 6.42 Å². The van der Waals surface area contributed by atoms with Gasteiger partial charge in [-0.15, -0.1) is 0 Å². The SMILES string of the molecule is C=C/C=C\C(=C)CCCCCc1ccccc1. The zero-order valence-corrected chi connectivity index (χ0v) is 10.6. The molecular weight excluding hydrogens is 204 g/mol. The van der Waals surface area contributed by atoms with Crippen molar-refractivity contribution < 1.29 is 0 Å². The molecule has 1 rings (SSSR count). The van der Waals surface area contributed by atoms with Crippen LogP contribution < -0.4 is 0 Å². The Morgan fingerprint density at radius 3 is 2.53 bits per heavy atom. The van der Waals surface area contributed by atoms with Crippen molar-refractivity contribution in [2.45, 2.75) is 32.1 Å². The number of aryl methyl sites for hydroxylation is 1.